The standard InChI is InChI=1S/C18H33NO6/c1-16(2)21-11-12(23-16)13-18(5,20-10-8-9-19(6)7)14-15(22-13)25-17(3,4)24-14/h12-15H,8-11H2,1-7H3/p+1. The third-order valence-corrected chi connectivity index (χ3v) is 5.07. The molecular weight excluding hydrogens is 326 g/mol. The minimum atomic E-state index is -0.676. The second-order valence-corrected chi connectivity index (χ2v) is 8.69. The fourth-order valence-corrected chi connectivity index (χ4v) is 3.86. The van der Waals surface area contributed by atoms with Crippen LogP contribution in [0, 0.1) is 0 Å². The van der Waals surface area contributed by atoms with E-state index in [9.17, 15) is 0 Å². The number of hydrogen-bond donors (Lipinski definition) is 1. The van der Waals surface area contributed by atoms with Crippen LogP contribution in [0.5, 0.6) is 0 Å². The average molecular weight is 360 g/mol. The van der Waals surface area contributed by atoms with Gasteiger partial charge in [-0.25, -0.2) is 0 Å². The maximum absolute atomic E-state index is 6.36. The first-order valence-electron chi connectivity index (χ1n) is 9.28. The molecule has 7 nitrogen and oxygen atoms in total. The molecule has 7 heteroatoms. The second kappa shape index (κ2) is 6.71. The summed E-state index contributed by atoms with van der Waals surface area (Å²) < 4.78 is 36.4. The Balaban J connectivity index is 1.73. The Bertz CT molecular complexity index is 482. The van der Waals surface area contributed by atoms with Gasteiger partial charge in [0.05, 0.1) is 33.9 Å². The van der Waals surface area contributed by atoms with Gasteiger partial charge < -0.3 is 33.3 Å². The molecule has 0 aromatic carbocycles. The van der Waals surface area contributed by atoms with Gasteiger partial charge in [0.15, 0.2) is 17.9 Å². The molecule has 3 fully saturated rings. The fourth-order valence-electron chi connectivity index (χ4n) is 3.86. The lowest BCUT2D eigenvalue weighted by molar-refractivity contribution is -0.858. The van der Waals surface area contributed by atoms with Gasteiger partial charge in [-0.2, -0.15) is 0 Å². The predicted octanol–water partition coefficient (Wildman–Crippen LogP) is 0.324. The molecule has 0 aliphatic carbocycles. The summed E-state index contributed by atoms with van der Waals surface area (Å²) in [4.78, 5) is 1.40. The highest BCUT2D eigenvalue weighted by Crippen LogP contribution is 2.47. The van der Waals surface area contributed by atoms with E-state index in [0.717, 1.165) is 13.0 Å². The Morgan fingerprint density at radius 2 is 1.68 bits per heavy atom. The van der Waals surface area contributed by atoms with E-state index in [0.29, 0.717) is 13.2 Å². The molecule has 5 atom stereocenters. The molecule has 1 N–H and O–H groups in total. The van der Waals surface area contributed by atoms with Crippen molar-refractivity contribution in [1.82, 2.24) is 0 Å². The topological polar surface area (TPSA) is 59.8 Å². The van der Waals surface area contributed by atoms with Crippen molar-refractivity contribution in [3.8, 4) is 0 Å². The van der Waals surface area contributed by atoms with Crippen LogP contribution in [-0.4, -0.2) is 75.6 Å². The van der Waals surface area contributed by atoms with Crippen LogP contribution in [0.3, 0.4) is 0 Å². The van der Waals surface area contributed by atoms with E-state index in [1.54, 1.807) is 0 Å². The molecule has 0 radical (unpaired) electrons. The lowest BCUT2D eigenvalue weighted by atomic mass is 9.91. The molecule has 0 aromatic heterocycles. The van der Waals surface area contributed by atoms with E-state index in [1.807, 2.05) is 34.6 Å². The number of quaternary nitrogens is 1. The molecule has 0 amide bonds. The largest absolute Gasteiger partial charge is 0.369 e. The molecule has 0 aromatic rings. The number of rotatable bonds is 6. The number of hydrogen-bond acceptors (Lipinski definition) is 6. The molecule has 0 bridgehead atoms. The van der Waals surface area contributed by atoms with Crippen molar-refractivity contribution < 1.29 is 33.3 Å². The van der Waals surface area contributed by atoms with Gasteiger partial charge in [-0.15, -0.1) is 0 Å². The Labute approximate surface area is 150 Å². The second-order valence-electron chi connectivity index (χ2n) is 8.69. The molecule has 0 spiro atoms. The van der Waals surface area contributed by atoms with Crippen LogP contribution in [0.2, 0.25) is 0 Å². The van der Waals surface area contributed by atoms with Crippen molar-refractivity contribution in [1.29, 1.82) is 0 Å². The van der Waals surface area contributed by atoms with Crippen molar-refractivity contribution in [3.05, 3.63) is 0 Å². The van der Waals surface area contributed by atoms with Crippen LogP contribution in [0.25, 0.3) is 0 Å². The summed E-state index contributed by atoms with van der Waals surface area (Å²) in [6.07, 6.45) is -0.268. The summed E-state index contributed by atoms with van der Waals surface area (Å²) >= 11 is 0. The molecule has 3 aliphatic heterocycles. The maximum Gasteiger partial charge on any atom is 0.190 e. The molecule has 25 heavy (non-hydrogen) atoms. The quantitative estimate of drug-likeness (QED) is 0.689. The predicted molar refractivity (Wildman–Crippen MR) is 90.3 cm³/mol. The monoisotopic (exact) mass is 360 g/mol. The van der Waals surface area contributed by atoms with E-state index in [-0.39, 0.29) is 18.3 Å². The summed E-state index contributed by atoms with van der Waals surface area (Å²) in [5.41, 5.74) is -0.644. The number of fused-ring (bicyclic) bond motifs is 1. The van der Waals surface area contributed by atoms with Crippen molar-refractivity contribution in [2.45, 2.75) is 82.8 Å². The van der Waals surface area contributed by atoms with Gasteiger partial charge in [-0.05, 0) is 34.6 Å². The lowest BCUT2D eigenvalue weighted by Gasteiger charge is -2.37. The van der Waals surface area contributed by atoms with Crippen LogP contribution < -0.4 is 4.90 Å². The molecule has 3 saturated heterocycles. The minimum absolute atomic E-state index is 0.208. The van der Waals surface area contributed by atoms with E-state index >= 15 is 0 Å². The van der Waals surface area contributed by atoms with Gasteiger partial charge in [0.2, 0.25) is 0 Å². The summed E-state index contributed by atoms with van der Waals surface area (Å²) in [5.74, 6) is -1.28. The fraction of sp³-hybridized carbons (Fsp3) is 1.00. The zero-order valence-electron chi connectivity index (χ0n) is 16.6. The van der Waals surface area contributed by atoms with E-state index in [2.05, 4.69) is 14.1 Å². The zero-order valence-corrected chi connectivity index (χ0v) is 16.6. The molecular formula is C18H34NO6+. The highest BCUT2D eigenvalue weighted by atomic mass is 16.9. The molecule has 3 rings (SSSR count). The summed E-state index contributed by atoms with van der Waals surface area (Å²) in [5, 5.41) is 0. The zero-order chi connectivity index (χ0) is 18.5. The smallest absolute Gasteiger partial charge is 0.190 e. The van der Waals surface area contributed by atoms with Crippen LogP contribution in [-0.2, 0) is 28.4 Å². The Hall–Kier alpha value is -0.280. The Morgan fingerprint density at radius 3 is 2.28 bits per heavy atom. The molecule has 0 saturated carbocycles. The number of ether oxygens (including phenoxy) is 6. The van der Waals surface area contributed by atoms with Gasteiger partial charge in [0.1, 0.15) is 23.9 Å². The summed E-state index contributed by atoms with van der Waals surface area (Å²) in [6.45, 7) is 11.8. The van der Waals surface area contributed by atoms with E-state index in [1.165, 1.54) is 4.90 Å². The van der Waals surface area contributed by atoms with Gasteiger partial charge in [0, 0.05) is 6.42 Å². The van der Waals surface area contributed by atoms with Gasteiger partial charge in [0.25, 0.3) is 0 Å². The van der Waals surface area contributed by atoms with Crippen LogP contribution >= 0.6 is 0 Å². The first kappa shape index (κ1) is 19.5. The third-order valence-electron chi connectivity index (χ3n) is 5.07. The van der Waals surface area contributed by atoms with Crippen LogP contribution in [0.1, 0.15) is 41.0 Å². The van der Waals surface area contributed by atoms with Gasteiger partial charge in [-0.1, -0.05) is 0 Å². The first-order valence-corrected chi connectivity index (χ1v) is 9.28. The van der Waals surface area contributed by atoms with Crippen LogP contribution in [0.15, 0.2) is 0 Å². The average Bonchev–Trinajstić information content (AvgIpc) is 3.06. The Morgan fingerprint density at radius 1 is 0.960 bits per heavy atom. The van der Waals surface area contributed by atoms with Gasteiger partial charge in [-0.3, -0.25) is 0 Å². The Kier molecular flexibility index (Phi) is 5.23. The van der Waals surface area contributed by atoms with Crippen molar-refractivity contribution >= 4 is 0 Å². The number of nitrogens with one attached hydrogen (secondary N) is 1. The SMILES string of the molecule is C[NH+](C)CCCOC1(C)C(C2COC(C)(C)O2)OC2OC(C)(C)OC21. The molecule has 5 unspecified atom stereocenters. The van der Waals surface area contributed by atoms with Crippen LogP contribution in [0.4, 0.5) is 0 Å². The van der Waals surface area contributed by atoms with E-state index in [4.69, 9.17) is 28.4 Å². The van der Waals surface area contributed by atoms with Gasteiger partial charge >= 0.3 is 0 Å². The molecule has 3 aliphatic rings. The van der Waals surface area contributed by atoms with Crippen molar-refractivity contribution in [2.75, 3.05) is 33.9 Å². The van der Waals surface area contributed by atoms with E-state index < -0.39 is 23.5 Å². The minimum Gasteiger partial charge on any atom is -0.369 e. The summed E-state index contributed by atoms with van der Waals surface area (Å²) in [7, 11) is 4.28. The normalized spacial score (nSPS) is 42.2. The highest BCUT2D eigenvalue weighted by molar-refractivity contribution is 5.07. The lowest BCUT2D eigenvalue weighted by Crippen LogP contribution is -3.05. The first-order chi connectivity index (χ1) is 11.5. The van der Waals surface area contributed by atoms with Crippen molar-refractivity contribution in [2.24, 2.45) is 0 Å². The van der Waals surface area contributed by atoms with Crippen molar-refractivity contribution in [3.63, 3.8) is 0 Å². The maximum atomic E-state index is 6.36. The molecule has 146 valence electrons. The summed E-state index contributed by atoms with van der Waals surface area (Å²) in [6, 6.07) is 0. The highest BCUT2D eigenvalue weighted by Gasteiger charge is 2.65. The molecule has 3 heterocycles. The third kappa shape index (κ3) is 4.03.